The summed E-state index contributed by atoms with van der Waals surface area (Å²) < 4.78 is 17.9. The monoisotopic (exact) mass is 365 g/mol. The van der Waals surface area contributed by atoms with Crippen molar-refractivity contribution in [3.8, 4) is 5.75 Å². The van der Waals surface area contributed by atoms with Gasteiger partial charge in [-0.3, -0.25) is 50.6 Å². The lowest BCUT2D eigenvalue weighted by atomic mass is 10.2. The fourth-order valence-corrected chi connectivity index (χ4v) is 1.44. The van der Waals surface area contributed by atoms with E-state index in [0.29, 0.717) is 0 Å². The molecule has 0 heterocycles. The summed E-state index contributed by atoms with van der Waals surface area (Å²) in [5.74, 6) is -5.87. The SMILES string of the molecule is O=[N+]([O-])c1cc([N+](=O)[O-])c(OCC(F)([N+](=O)[O-])[N+](=O)[O-])c([N+](=O)[O-])c1. The Kier molecular flexibility index (Phi) is 5.01. The van der Waals surface area contributed by atoms with Gasteiger partial charge in [0.1, 0.15) is 9.85 Å². The first-order chi connectivity index (χ1) is 11.4. The van der Waals surface area contributed by atoms with Gasteiger partial charge in [0.2, 0.25) is 0 Å². The molecule has 134 valence electrons. The van der Waals surface area contributed by atoms with Crippen LogP contribution in [-0.2, 0) is 0 Å². The maximum absolute atomic E-state index is 13.6. The van der Waals surface area contributed by atoms with Crippen molar-refractivity contribution in [3.63, 3.8) is 0 Å². The van der Waals surface area contributed by atoms with E-state index in [1.54, 1.807) is 0 Å². The molecule has 1 aromatic rings. The predicted octanol–water partition coefficient (Wildman–Crippen LogP) is 0.967. The minimum absolute atomic E-state index is 0.209. The molecule has 0 aliphatic carbocycles. The molecule has 25 heavy (non-hydrogen) atoms. The Labute approximate surface area is 133 Å². The summed E-state index contributed by atoms with van der Waals surface area (Å²) in [5.41, 5.74) is -3.91. The van der Waals surface area contributed by atoms with E-state index >= 15 is 0 Å². The molecule has 0 atom stereocenters. The Bertz CT molecular complexity index is 746. The lowest BCUT2D eigenvalue weighted by Gasteiger charge is -2.10. The molecule has 0 fully saturated rings. The largest absolute Gasteiger partial charge is 0.648 e. The minimum atomic E-state index is -4.45. The van der Waals surface area contributed by atoms with Gasteiger partial charge in [-0.25, -0.2) is 0 Å². The normalized spacial score (nSPS) is 10.8. The average Bonchev–Trinajstić information content (AvgIpc) is 2.50. The van der Waals surface area contributed by atoms with Crippen LogP contribution in [0.4, 0.5) is 21.5 Å². The molecule has 0 aliphatic heterocycles. The molecule has 0 bridgehead atoms. The minimum Gasteiger partial charge on any atom is -0.462 e. The van der Waals surface area contributed by atoms with Crippen LogP contribution in [-0.4, -0.2) is 37.1 Å². The molecule has 0 N–H and O–H groups in total. The number of alkyl halides is 1. The summed E-state index contributed by atoms with van der Waals surface area (Å²) in [6, 6.07) is 0.418. The van der Waals surface area contributed by atoms with Gasteiger partial charge in [0, 0.05) is 0 Å². The van der Waals surface area contributed by atoms with E-state index in [9.17, 15) is 55.0 Å². The lowest BCUT2D eigenvalue weighted by Crippen LogP contribution is -2.47. The molecule has 17 heteroatoms. The van der Waals surface area contributed by atoms with Crippen molar-refractivity contribution in [2.75, 3.05) is 6.61 Å². The van der Waals surface area contributed by atoms with E-state index < -0.39 is 60.0 Å². The van der Waals surface area contributed by atoms with Gasteiger partial charge in [-0.15, -0.1) is 0 Å². The third-order valence-electron chi connectivity index (χ3n) is 2.60. The van der Waals surface area contributed by atoms with Crippen LogP contribution in [0.2, 0.25) is 0 Å². The zero-order valence-electron chi connectivity index (χ0n) is 11.5. The van der Waals surface area contributed by atoms with Crippen molar-refractivity contribution in [2.24, 2.45) is 0 Å². The van der Waals surface area contributed by atoms with Crippen LogP contribution in [0.25, 0.3) is 0 Å². The van der Waals surface area contributed by atoms with Gasteiger partial charge in [0.15, 0.2) is 0 Å². The van der Waals surface area contributed by atoms with Crippen molar-refractivity contribution in [3.05, 3.63) is 62.7 Å². The van der Waals surface area contributed by atoms with E-state index in [-0.39, 0.29) is 12.1 Å². The van der Waals surface area contributed by atoms with Crippen molar-refractivity contribution >= 4 is 17.1 Å². The summed E-state index contributed by atoms with van der Waals surface area (Å²) in [6.07, 6.45) is 0. The van der Waals surface area contributed by atoms with Crippen LogP contribution < -0.4 is 4.74 Å². The maximum Gasteiger partial charge on any atom is 0.648 e. The molecule has 0 unspecified atom stereocenters. The molecule has 0 saturated carbocycles. The number of rotatable bonds is 8. The van der Waals surface area contributed by atoms with Crippen molar-refractivity contribution in [1.82, 2.24) is 0 Å². The van der Waals surface area contributed by atoms with Gasteiger partial charge >= 0.3 is 17.3 Å². The number of benzene rings is 1. The highest BCUT2D eigenvalue weighted by Crippen LogP contribution is 2.40. The Morgan fingerprint density at radius 2 is 1.24 bits per heavy atom. The first kappa shape index (κ1) is 19.0. The van der Waals surface area contributed by atoms with Crippen LogP contribution in [0.15, 0.2) is 12.1 Å². The third kappa shape index (κ3) is 3.65. The number of non-ortho nitro benzene ring substituents is 1. The van der Waals surface area contributed by atoms with Crippen molar-refractivity contribution in [1.29, 1.82) is 0 Å². The molecule has 16 nitrogen and oxygen atoms in total. The predicted molar refractivity (Wildman–Crippen MR) is 69.7 cm³/mol. The van der Waals surface area contributed by atoms with E-state index in [1.165, 1.54) is 0 Å². The molecule has 0 aromatic heterocycles. The van der Waals surface area contributed by atoms with Crippen molar-refractivity contribution < 1.29 is 33.7 Å². The number of ether oxygens (including phenoxy) is 1. The fraction of sp³-hybridized carbons (Fsp3) is 0.250. The summed E-state index contributed by atoms with van der Waals surface area (Å²) in [5, 5.41) is 53.2. The van der Waals surface area contributed by atoms with E-state index in [2.05, 4.69) is 4.74 Å². The van der Waals surface area contributed by atoms with Gasteiger partial charge in [-0.05, 0) is 0 Å². The second-order valence-corrected chi connectivity index (χ2v) is 4.11. The van der Waals surface area contributed by atoms with E-state index in [0.717, 1.165) is 0 Å². The molecule has 1 rings (SSSR count). The molecular formula is C8H4FN5O11. The van der Waals surface area contributed by atoms with E-state index in [4.69, 9.17) is 0 Å². The maximum atomic E-state index is 13.6. The van der Waals surface area contributed by atoms with E-state index in [1.807, 2.05) is 0 Å². The standard InChI is InChI=1S/C8H4FN5O11/c9-8(13(21)22,14(23)24)3-25-7-5(11(17)18)1-4(10(15)16)2-6(7)12(19)20/h1-2H,3H2. The number of halogens is 1. The van der Waals surface area contributed by atoms with Crippen LogP contribution in [0.5, 0.6) is 5.75 Å². The number of hydrogen-bond acceptors (Lipinski definition) is 11. The topological polar surface area (TPSA) is 225 Å². The highest BCUT2D eigenvalue weighted by atomic mass is 19.2. The molecule has 0 amide bonds. The molecule has 0 aliphatic rings. The highest BCUT2D eigenvalue weighted by Gasteiger charge is 2.60. The van der Waals surface area contributed by atoms with Crippen LogP contribution in [0.1, 0.15) is 0 Å². The van der Waals surface area contributed by atoms with Gasteiger partial charge in [-0.2, -0.15) is 0 Å². The quantitative estimate of drug-likeness (QED) is 0.273. The first-order valence-electron chi connectivity index (χ1n) is 5.63. The number of hydrogen-bond donors (Lipinski definition) is 0. The first-order valence-corrected chi connectivity index (χ1v) is 5.63. The molecule has 0 saturated heterocycles. The Morgan fingerprint density at radius 1 is 0.840 bits per heavy atom. The molecule has 1 aromatic carbocycles. The number of nitro groups is 5. The summed E-state index contributed by atoms with van der Waals surface area (Å²) in [7, 11) is 0. The number of nitro benzene ring substituents is 3. The second-order valence-electron chi connectivity index (χ2n) is 4.11. The Hall–Kier alpha value is -4.05. The average molecular weight is 365 g/mol. The molecule has 0 radical (unpaired) electrons. The van der Waals surface area contributed by atoms with Gasteiger partial charge < -0.3 is 4.74 Å². The van der Waals surface area contributed by atoms with Gasteiger partial charge in [0.05, 0.1) is 26.9 Å². The summed E-state index contributed by atoms with van der Waals surface area (Å²) in [6.45, 7) is -2.06. The zero-order valence-corrected chi connectivity index (χ0v) is 11.5. The number of nitrogens with zero attached hydrogens (tertiary/aromatic N) is 5. The van der Waals surface area contributed by atoms with Crippen molar-refractivity contribution in [2.45, 2.75) is 5.92 Å². The molecular weight excluding hydrogens is 361 g/mol. The third-order valence-corrected chi connectivity index (χ3v) is 2.60. The lowest BCUT2D eigenvalue weighted by molar-refractivity contribution is -0.831. The highest BCUT2D eigenvalue weighted by molar-refractivity contribution is 5.65. The van der Waals surface area contributed by atoms with Crippen LogP contribution >= 0.6 is 0 Å². The summed E-state index contributed by atoms with van der Waals surface area (Å²) in [4.78, 5) is 45.2. The Morgan fingerprint density at radius 3 is 1.52 bits per heavy atom. The van der Waals surface area contributed by atoms with Crippen LogP contribution in [0, 0.1) is 50.6 Å². The Balaban J connectivity index is 3.50. The summed E-state index contributed by atoms with van der Waals surface area (Å²) >= 11 is 0. The smallest absolute Gasteiger partial charge is 0.462 e. The molecule has 0 spiro atoms. The zero-order chi connectivity index (χ0) is 19.5. The fourth-order valence-electron chi connectivity index (χ4n) is 1.44. The van der Waals surface area contributed by atoms with Gasteiger partial charge in [0.25, 0.3) is 18.0 Å². The second kappa shape index (κ2) is 6.60. The van der Waals surface area contributed by atoms with Gasteiger partial charge in [-0.1, -0.05) is 4.39 Å². The van der Waals surface area contributed by atoms with Crippen LogP contribution in [0.3, 0.4) is 0 Å².